The highest BCUT2D eigenvalue weighted by molar-refractivity contribution is 9.10. The summed E-state index contributed by atoms with van der Waals surface area (Å²) in [6, 6.07) is 17.5. The molecule has 0 spiro atoms. The predicted molar refractivity (Wildman–Crippen MR) is 96.3 cm³/mol. The van der Waals surface area contributed by atoms with Crippen molar-refractivity contribution in [1.29, 1.82) is 0 Å². The van der Waals surface area contributed by atoms with Crippen LogP contribution < -0.4 is 10.2 Å². The Morgan fingerprint density at radius 2 is 1.81 bits per heavy atom. The molecule has 0 bridgehead atoms. The first kappa shape index (κ1) is 15.9. The van der Waals surface area contributed by atoms with E-state index in [1.807, 2.05) is 0 Å². The molecule has 2 aromatic rings. The fourth-order valence-corrected chi connectivity index (χ4v) is 2.79. The van der Waals surface area contributed by atoms with Crippen LogP contribution in [0.3, 0.4) is 0 Å². The van der Waals surface area contributed by atoms with Crippen molar-refractivity contribution in [1.82, 2.24) is 0 Å². The molecule has 0 aliphatic rings. The molecule has 0 aliphatic carbocycles. The maximum absolute atomic E-state index is 3.70. The highest BCUT2D eigenvalue weighted by Crippen LogP contribution is 2.29. The van der Waals surface area contributed by atoms with Crippen molar-refractivity contribution in [2.24, 2.45) is 0 Å². The van der Waals surface area contributed by atoms with Gasteiger partial charge in [0, 0.05) is 24.6 Å². The summed E-state index contributed by atoms with van der Waals surface area (Å²) in [4.78, 5) is 2.14. The zero-order valence-corrected chi connectivity index (χ0v) is 14.5. The van der Waals surface area contributed by atoms with E-state index in [4.69, 9.17) is 0 Å². The van der Waals surface area contributed by atoms with Crippen molar-refractivity contribution >= 4 is 27.3 Å². The van der Waals surface area contributed by atoms with E-state index in [2.05, 4.69) is 95.7 Å². The summed E-state index contributed by atoms with van der Waals surface area (Å²) in [5.74, 6) is 0. The van der Waals surface area contributed by atoms with Crippen LogP contribution in [-0.4, -0.2) is 20.1 Å². The molecule has 0 fully saturated rings. The van der Waals surface area contributed by atoms with Crippen LogP contribution in [0.25, 0.3) is 0 Å². The molecule has 0 aromatic heterocycles. The topological polar surface area (TPSA) is 15.3 Å². The quantitative estimate of drug-likeness (QED) is 0.796. The van der Waals surface area contributed by atoms with Gasteiger partial charge in [0.15, 0.2) is 0 Å². The molecule has 0 saturated heterocycles. The average molecular weight is 347 g/mol. The number of hydrogen-bond donors (Lipinski definition) is 1. The number of nitrogens with one attached hydrogen (secondary N) is 1. The first-order valence-electron chi connectivity index (χ1n) is 7.37. The van der Waals surface area contributed by atoms with Crippen LogP contribution in [0.15, 0.2) is 53.0 Å². The predicted octanol–water partition coefficient (Wildman–Crippen LogP) is 4.95. The van der Waals surface area contributed by atoms with Gasteiger partial charge in [0.25, 0.3) is 0 Å². The Kier molecular flexibility index (Phi) is 5.68. The van der Waals surface area contributed by atoms with Crippen molar-refractivity contribution in [2.45, 2.75) is 25.8 Å². The molecule has 0 amide bonds. The summed E-state index contributed by atoms with van der Waals surface area (Å²) < 4.78 is 1.10. The summed E-state index contributed by atoms with van der Waals surface area (Å²) in [5, 5.41) is 3.70. The fraction of sp³-hybridized carbons (Fsp3) is 0.333. The van der Waals surface area contributed by atoms with E-state index in [0.29, 0.717) is 6.04 Å². The Morgan fingerprint density at radius 3 is 2.43 bits per heavy atom. The molecule has 2 nitrogen and oxygen atoms in total. The lowest BCUT2D eigenvalue weighted by atomic mass is 10.0. The second-order valence-electron chi connectivity index (χ2n) is 5.50. The van der Waals surface area contributed by atoms with Crippen molar-refractivity contribution < 1.29 is 0 Å². The second kappa shape index (κ2) is 7.51. The summed E-state index contributed by atoms with van der Waals surface area (Å²) in [6.45, 7) is 2.23. The van der Waals surface area contributed by atoms with E-state index in [1.165, 1.54) is 16.9 Å². The maximum atomic E-state index is 3.70. The van der Waals surface area contributed by atoms with E-state index in [1.54, 1.807) is 0 Å². The second-order valence-corrected chi connectivity index (χ2v) is 6.41. The van der Waals surface area contributed by atoms with Crippen molar-refractivity contribution in [3.05, 3.63) is 58.6 Å². The SMILES string of the molecule is CCC(Cc1ccccc1)Nc1cc(Br)ccc1N(C)C. The van der Waals surface area contributed by atoms with Crippen LogP contribution in [0.1, 0.15) is 18.9 Å². The number of hydrogen-bond acceptors (Lipinski definition) is 2. The van der Waals surface area contributed by atoms with E-state index in [9.17, 15) is 0 Å². The molecule has 1 atom stereocenters. The lowest BCUT2D eigenvalue weighted by Crippen LogP contribution is -2.23. The van der Waals surface area contributed by atoms with Gasteiger partial charge in [0.05, 0.1) is 11.4 Å². The van der Waals surface area contributed by atoms with E-state index in [0.717, 1.165) is 17.3 Å². The standard InChI is InChI=1S/C18H23BrN2/c1-4-16(12-14-8-6-5-7-9-14)20-17-13-15(19)10-11-18(17)21(2)3/h5-11,13,16,20H,4,12H2,1-3H3. The Morgan fingerprint density at radius 1 is 1.10 bits per heavy atom. The van der Waals surface area contributed by atoms with Crippen molar-refractivity contribution in [3.8, 4) is 0 Å². The maximum Gasteiger partial charge on any atom is 0.0597 e. The lowest BCUT2D eigenvalue weighted by molar-refractivity contribution is 0.690. The molecule has 21 heavy (non-hydrogen) atoms. The zero-order valence-electron chi connectivity index (χ0n) is 12.9. The van der Waals surface area contributed by atoms with E-state index < -0.39 is 0 Å². The minimum atomic E-state index is 0.431. The minimum Gasteiger partial charge on any atom is -0.380 e. The number of benzene rings is 2. The van der Waals surface area contributed by atoms with Crippen molar-refractivity contribution in [2.75, 3.05) is 24.3 Å². The zero-order chi connectivity index (χ0) is 15.2. The summed E-state index contributed by atoms with van der Waals surface area (Å²) >= 11 is 3.57. The molecule has 2 rings (SSSR count). The number of anilines is 2. The van der Waals surface area contributed by atoms with E-state index >= 15 is 0 Å². The molecule has 0 aliphatic heterocycles. The van der Waals surface area contributed by atoms with Gasteiger partial charge in [-0.25, -0.2) is 0 Å². The van der Waals surface area contributed by atoms with Gasteiger partial charge in [-0.05, 0) is 36.6 Å². The monoisotopic (exact) mass is 346 g/mol. The van der Waals surface area contributed by atoms with Crippen molar-refractivity contribution in [3.63, 3.8) is 0 Å². The largest absolute Gasteiger partial charge is 0.380 e. The third kappa shape index (κ3) is 4.50. The molecular weight excluding hydrogens is 324 g/mol. The third-order valence-electron chi connectivity index (χ3n) is 3.62. The normalized spacial score (nSPS) is 12.0. The molecule has 2 aromatic carbocycles. The highest BCUT2D eigenvalue weighted by atomic mass is 79.9. The molecule has 1 unspecified atom stereocenters. The summed E-state index contributed by atoms with van der Waals surface area (Å²) in [7, 11) is 4.15. The number of halogens is 1. The molecule has 3 heteroatoms. The number of nitrogens with zero attached hydrogens (tertiary/aromatic N) is 1. The van der Waals surface area contributed by atoms with Crippen LogP contribution in [0, 0.1) is 0 Å². The molecule has 0 heterocycles. The van der Waals surface area contributed by atoms with Gasteiger partial charge in [-0.2, -0.15) is 0 Å². The lowest BCUT2D eigenvalue weighted by Gasteiger charge is -2.24. The molecule has 1 N–H and O–H groups in total. The molecule has 0 saturated carbocycles. The highest BCUT2D eigenvalue weighted by Gasteiger charge is 2.11. The van der Waals surface area contributed by atoms with Gasteiger partial charge < -0.3 is 10.2 Å². The van der Waals surface area contributed by atoms with Crippen LogP contribution in [0.5, 0.6) is 0 Å². The van der Waals surface area contributed by atoms with Gasteiger partial charge in [-0.3, -0.25) is 0 Å². The Hall–Kier alpha value is -1.48. The Bertz CT molecular complexity index is 567. The average Bonchev–Trinajstić information content (AvgIpc) is 2.47. The van der Waals surface area contributed by atoms with Crippen LogP contribution >= 0.6 is 15.9 Å². The van der Waals surface area contributed by atoms with Gasteiger partial charge in [-0.15, -0.1) is 0 Å². The summed E-state index contributed by atoms with van der Waals surface area (Å²) in [6.07, 6.45) is 2.13. The van der Waals surface area contributed by atoms with Crippen LogP contribution in [0.2, 0.25) is 0 Å². The Labute approximate surface area is 136 Å². The van der Waals surface area contributed by atoms with E-state index in [-0.39, 0.29) is 0 Å². The smallest absolute Gasteiger partial charge is 0.0597 e. The van der Waals surface area contributed by atoms with Crippen LogP contribution in [0.4, 0.5) is 11.4 Å². The molecular formula is C18H23BrN2. The number of rotatable bonds is 6. The minimum absolute atomic E-state index is 0.431. The van der Waals surface area contributed by atoms with Gasteiger partial charge >= 0.3 is 0 Å². The molecule has 0 radical (unpaired) electrons. The fourth-order valence-electron chi connectivity index (χ4n) is 2.43. The van der Waals surface area contributed by atoms with Gasteiger partial charge in [0.1, 0.15) is 0 Å². The van der Waals surface area contributed by atoms with Gasteiger partial charge in [-0.1, -0.05) is 53.2 Å². The first-order chi connectivity index (χ1) is 10.1. The first-order valence-corrected chi connectivity index (χ1v) is 8.16. The van der Waals surface area contributed by atoms with Crippen LogP contribution in [-0.2, 0) is 6.42 Å². The summed E-state index contributed by atoms with van der Waals surface area (Å²) in [5.41, 5.74) is 3.76. The third-order valence-corrected chi connectivity index (χ3v) is 4.11. The van der Waals surface area contributed by atoms with Gasteiger partial charge in [0.2, 0.25) is 0 Å². The Balaban J connectivity index is 2.16. The molecule has 112 valence electrons.